The van der Waals surface area contributed by atoms with E-state index in [1.807, 2.05) is 109 Å². The topological polar surface area (TPSA) is 83.6 Å². The number of benzene rings is 8. The molecule has 0 aliphatic heterocycles. The van der Waals surface area contributed by atoms with E-state index in [2.05, 4.69) is 180 Å². The van der Waals surface area contributed by atoms with Gasteiger partial charge in [0, 0.05) is 34.7 Å². The first-order valence-corrected chi connectivity index (χ1v) is 27.5. The quantitative estimate of drug-likeness (QED) is 0.0703. The summed E-state index contributed by atoms with van der Waals surface area (Å²) < 4.78 is 15.5. The largest absolute Gasteiger partial charge is 0.507 e. The first-order chi connectivity index (χ1) is 37.0. The summed E-state index contributed by atoms with van der Waals surface area (Å²) in [5.74, 6) is 0.356. The van der Waals surface area contributed by atoms with Crippen molar-refractivity contribution in [2.75, 3.05) is 13.2 Å². The lowest BCUT2D eigenvalue weighted by molar-refractivity contribution is -0.0212. The molecule has 0 spiro atoms. The first-order valence-electron chi connectivity index (χ1n) is 27.5. The van der Waals surface area contributed by atoms with Crippen molar-refractivity contribution in [3.63, 3.8) is 0 Å². The van der Waals surface area contributed by atoms with Crippen LogP contribution < -0.4 is 0 Å². The third-order valence-corrected chi connectivity index (χ3v) is 14.9. The molecule has 2 N–H and O–H groups in total. The van der Waals surface area contributed by atoms with Crippen molar-refractivity contribution < 1.29 is 19.7 Å². The summed E-state index contributed by atoms with van der Waals surface area (Å²) in [6, 6.07) is 69.0. The molecular weight excluding hydrogens is 957 g/mol. The van der Waals surface area contributed by atoms with Gasteiger partial charge >= 0.3 is 0 Å². The fraction of sp³-hybridized carbons (Fsp3) is 0.306. The molecule has 0 amide bonds. The van der Waals surface area contributed by atoms with Gasteiger partial charge in [0.1, 0.15) is 22.7 Å². The lowest BCUT2D eigenvalue weighted by Crippen LogP contribution is -2.42. The molecular formula is C72H80N2O4. The van der Waals surface area contributed by atoms with Gasteiger partial charge in [0.25, 0.3) is 0 Å². The highest BCUT2D eigenvalue weighted by Gasteiger charge is 2.42. The Labute approximate surface area is 465 Å². The molecule has 6 heteroatoms. The molecule has 402 valence electrons. The number of aliphatic imine (C=N–C) groups is 2. The monoisotopic (exact) mass is 1040 g/mol. The average molecular weight is 1040 g/mol. The third kappa shape index (κ3) is 12.5. The van der Waals surface area contributed by atoms with Crippen LogP contribution in [0.4, 0.5) is 0 Å². The molecule has 6 nitrogen and oxygen atoms in total. The summed E-state index contributed by atoms with van der Waals surface area (Å²) in [4.78, 5) is 11.2. The van der Waals surface area contributed by atoms with E-state index < -0.39 is 23.3 Å². The van der Waals surface area contributed by atoms with Crippen LogP contribution in [-0.4, -0.2) is 47.9 Å². The predicted octanol–water partition coefficient (Wildman–Crippen LogP) is 16.6. The number of phenolic OH excluding ortho intramolecular Hbond substituents is 2. The van der Waals surface area contributed by atoms with E-state index in [4.69, 9.17) is 19.5 Å². The lowest BCUT2D eigenvalue weighted by atomic mass is 9.79. The molecule has 78 heavy (non-hydrogen) atoms. The van der Waals surface area contributed by atoms with Crippen molar-refractivity contribution in [2.24, 2.45) is 9.98 Å². The van der Waals surface area contributed by atoms with Crippen LogP contribution in [0.15, 0.2) is 216 Å². The van der Waals surface area contributed by atoms with Crippen molar-refractivity contribution in [1.29, 1.82) is 0 Å². The molecule has 0 aliphatic carbocycles. The van der Waals surface area contributed by atoms with Gasteiger partial charge < -0.3 is 19.7 Å². The van der Waals surface area contributed by atoms with E-state index >= 15 is 0 Å². The predicted molar refractivity (Wildman–Crippen MR) is 324 cm³/mol. The van der Waals surface area contributed by atoms with Crippen LogP contribution >= 0.6 is 0 Å². The van der Waals surface area contributed by atoms with E-state index in [1.54, 1.807) is 12.4 Å². The highest BCUT2D eigenvalue weighted by Crippen LogP contribution is 2.44. The van der Waals surface area contributed by atoms with Crippen LogP contribution in [0.3, 0.4) is 0 Å². The van der Waals surface area contributed by atoms with Crippen LogP contribution in [0.2, 0.25) is 0 Å². The number of aromatic hydroxyl groups is 2. The van der Waals surface area contributed by atoms with Crippen molar-refractivity contribution in [1.82, 2.24) is 0 Å². The number of hydrogen-bond acceptors (Lipinski definition) is 6. The molecule has 0 heterocycles. The Morgan fingerprint density at radius 2 is 0.564 bits per heavy atom. The zero-order valence-corrected chi connectivity index (χ0v) is 48.0. The zero-order valence-electron chi connectivity index (χ0n) is 48.0. The summed E-state index contributed by atoms with van der Waals surface area (Å²) in [6.07, 6.45) is 3.61. The maximum Gasteiger partial charge on any atom is 0.143 e. The fourth-order valence-electron chi connectivity index (χ4n) is 10.3. The summed E-state index contributed by atoms with van der Waals surface area (Å²) in [5, 5.41) is 24.6. The van der Waals surface area contributed by atoms with E-state index in [0.29, 0.717) is 11.1 Å². The number of nitrogens with zero attached hydrogens (tertiary/aromatic N) is 2. The highest BCUT2D eigenvalue weighted by molar-refractivity contribution is 5.86. The number of phenols is 2. The van der Waals surface area contributed by atoms with Crippen LogP contribution in [0.5, 0.6) is 11.5 Å². The van der Waals surface area contributed by atoms with Crippen LogP contribution in [-0.2, 0) is 42.3 Å². The Balaban J connectivity index is 1.41. The standard InChI is InChI=1S/C72H80N2O4/c1-67(2,3)59-43-51(65(75)61(45-59)69(7,8)9)47-73-63(49-77-71(53-31-19-13-20-32-53,54-33-21-14-22-34-54)55-35-23-15-24-36-55)64(74-48-52-44-60(68(4,5)6)46-62(66(52)76)70(10,11)12)50-78-72(56-37-25-16-26-38-56,57-39-27-17-28-40-57)58-41-29-18-30-42-58/h13-48,63-64,75-76H,49-50H2,1-12H3/t63-,64-/m1/s1. The van der Waals surface area contributed by atoms with E-state index in [-0.39, 0.29) is 46.4 Å². The van der Waals surface area contributed by atoms with Crippen molar-refractivity contribution in [2.45, 2.75) is 128 Å². The Morgan fingerprint density at radius 3 is 0.769 bits per heavy atom. The number of hydrogen-bond donors (Lipinski definition) is 2. The summed E-state index contributed by atoms with van der Waals surface area (Å²) in [5.41, 5.74) is 7.27. The van der Waals surface area contributed by atoms with Gasteiger partial charge in [0.2, 0.25) is 0 Å². The minimum Gasteiger partial charge on any atom is -0.507 e. The summed E-state index contributed by atoms with van der Waals surface area (Å²) in [6.45, 7) is 26.0. The molecule has 0 saturated heterocycles. The van der Waals surface area contributed by atoms with Gasteiger partial charge in [-0.15, -0.1) is 0 Å². The molecule has 8 rings (SSSR count). The molecule has 8 aromatic rings. The van der Waals surface area contributed by atoms with Crippen LogP contribution in [0.25, 0.3) is 0 Å². The number of rotatable bonds is 17. The zero-order chi connectivity index (χ0) is 55.9. The van der Waals surface area contributed by atoms with E-state index in [0.717, 1.165) is 55.6 Å². The van der Waals surface area contributed by atoms with E-state index in [9.17, 15) is 10.2 Å². The molecule has 0 fully saturated rings. The van der Waals surface area contributed by atoms with Gasteiger partial charge in [-0.05, 0) is 78.3 Å². The fourth-order valence-corrected chi connectivity index (χ4v) is 10.3. The lowest BCUT2D eigenvalue weighted by Gasteiger charge is -2.39. The van der Waals surface area contributed by atoms with Crippen LogP contribution in [0.1, 0.15) is 150 Å². The van der Waals surface area contributed by atoms with Gasteiger partial charge in [-0.25, -0.2) is 0 Å². The second-order valence-electron chi connectivity index (χ2n) is 24.8. The second kappa shape index (κ2) is 23.3. The molecule has 0 aliphatic rings. The third-order valence-electron chi connectivity index (χ3n) is 14.9. The Morgan fingerprint density at radius 1 is 0.333 bits per heavy atom. The normalized spacial score (nSPS) is 13.7. The van der Waals surface area contributed by atoms with Crippen molar-refractivity contribution >= 4 is 12.4 Å². The molecule has 0 saturated carbocycles. The molecule has 2 atom stereocenters. The maximum absolute atomic E-state index is 12.3. The Kier molecular flexibility index (Phi) is 17.0. The van der Waals surface area contributed by atoms with Gasteiger partial charge in [-0.1, -0.05) is 277 Å². The summed E-state index contributed by atoms with van der Waals surface area (Å²) in [7, 11) is 0. The van der Waals surface area contributed by atoms with Gasteiger partial charge in [-0.3, -0.25) is 9.98 Å². The summed E-state index contributed by atoms with van der Waals surface area (Å²) >= 11 is 0. The van der Waals surface area contributed by atoms with Crippen molar-refractivity contribution in [3.8, 4) is 11.5 Å². The number of ether oxygens (including phenoxy) is 2. The van der Waals surface area contributed by atoms with Crippen molar-refractivity contribution in [3.05, 3.63) is 273 Å². The SMILES string of the molecule is CC(C)(C)c1cc(C=N[C@H](COC(c2ccccc2)(c2ccccc2)c2ccccc2)[C@@H](COC(c2ccccc2)(c2ccccc2)c2ccccc2)N=Cc2cc(C(C)(C)C)cc(C(C)(C)C)c2O)c(O)c(C(C)(C)C)c1. The molecule has 0 unspecified atom stereocenters. The Bertz CT molecular complexity index is 2860. The molecule has 8 aromatic carbocycles. The molecule has 0 radical (unpaired) electrons. The maximum atomic E-state index is 12.3. The Hall–Kier alpha value is -7.38. The van der Waals surface area contributed by atoms with Crippen LogP contribution in [0, 0.1) is 0 Å². The molecule has 0 bridgehead atoms. The van der Waals surface area contributed by atoms with Gasteiger partial charge in [-0.2, -0.15) is 0 Å². The van der Waals surface area contributed by atoms with Gasteiger partial charge in [0.05, 0.1) is 25.3 Å². The minimum atomic E-state index is -1.11. The molecule has 0 aromatic heterocycles. The second-order valence-corrected chi connectivity index (χ2v) is 24.8. The smallest absolute Gasteiger partial charge is 0.143 e. The average Bonchev–Trinajstić information content (AvgIpc) is 3.56. The first kappa shape index (κ1) is 56.8. The minimum absolute atomic E-state index is 0.0443. The highest BCUT2D eigenvalue weighted by atomic mass is 16.5. The van der Waals surface area contributed by atoms with E-state index in [1.165, 1.54) is 0 Å². The van der Waals surface area contributed by atoms with Gasteiger partial charge in [0.15, 0.2) is 0 Å².